The third-order valence-electron chi connectivity index (χ3n) is 4.03. The minimum atomic E-state index is -0.489. The summed E-state index contributed by atoms with van der Waals surface area (Å²) in [7, 11) is 0. The summed E-state index contributed by atoms with van der Waals surface area (Å²) in [5.74, 6) is -0.389. The minimum Gasteiger partial charge on any atom is -0.377 e. The number of hydrogen-bond acceptors (Lipinski definition) is 5. The number of hydrogen-bond donors (Lipinski definition) is 2. The van der Waals surface area contributed by atoms with Gasteiger partial charge in [0.25, 0.3) is 11.6 Å². The summed E-state index contributed by atoms with van der Waals surface area (Å²) in [4.78, 5) is 23.2. The molecule has 0 aromatic heterocycles. The highest BCUT2D eigenvalue weighted by atomic mass is 16.6. The van der Waals surface area contributed by atoms with E-state index in [0.717, 1.165) is 19.4 Å². The molecule has 1 amide bonds. The molecular formula is C18H19N3O4. The molecule has 1 fully saturated rings. The average molecular weight is 341 g/mol. The van der Waals surface area contributed by atoms with Gasteiger partial charge in [-0.2, -0.15) is 0 Å². The van der Waals surface area contributed by atoms with E-state index in [-0.39, 0.29) is 23.3 Å². The SMILES string of the molecule is O=C(Nc1ccccc1)c1ccc(NC[C@H]2CCCO2)c([N+](=O)[O-])c1. The van der Waals surface area contributed by atoms with E-state index >= 15 is 0 Å². The highest BCUT2D eigenvalue weighted by Crippen LogP contribution is 2.26. The van der Waals surface area contributed by atoms with E-state index in [1.165, 1.54) is 6.07 Å². The van der Waals surface area contributed by atoms with E-state index in [0.29, 0.717) is 17.9 Å². The van der Waals surface area contributed by atoms with Crippen molar-refractivity contribution in [2.45, 2.75) is 18.9 Å². The quantitative estimate of drug-likeness (QED) is 0.620. The highest BCUT2D eigenvalue weighted by molar-refractivity contribution is 6.05. The summed E-state index contributed by atoms with van der Waals surface area (Å²) in [6.45, 7) is 1.24. The van der Waals surface area contributed by atoms with E-state index in [1.807, 2.05) is 6.07 Å². The first-order valence-electron chi connectivity index (χ1n) is 8.14. The van der Waals surface area contributed by atoms with Gasteiger partial charge in [-0.15, -0.1) is 0 Å². The van der Waals surface area contributed by atoms with Crippen LogP contribution in [0.25, 0.3) is 0 Å². The Morgan fingerprint density at radius 2 is 2.04 bits per heavy atom. The van der Waals surface area contributed by atoms with Crippen LogP contribution in [-0.2, 0) is 4.74 Å². The van der Waals surface area contributed by atoms with Gasteiger partial charge in [0.05, 0.1) is 11.0 Å². The summed E-state index contributed by atoms with van der Waals surface area (Å²) < 4.78 is 5.51. The molecule has 1 aliphatic heterocycles. The molecule has 7 heteroatoms. The molecule has 1 heterocycles. The first kappa shape index (κ1) is 16.9. The first-order chi connectivity index (χ1) is 12.1. The summed E-state index contributed by atoms with van der Waals surface area (Å²) in [6, 6.07) is 13.4. The van der Waals surface area contributed by atoms with Gasteiger partial charge in [-0.05, 0) is 37.1 Å². The molecule has 0 bridgehead atoms. The minimum absolute atomic E-state index is 0.0701. The zero-order valence-electron chi connectivity index (χ0n) is 13.6. The number of carbonyl (C=O) groups excluding carboxylic acids is 1. The van der Waals surface area contributed by atoms with Crippen molar-refractivity contribution in [3.63, 3.8) is 0 Å². The van der Waals surface area contributed by atoms with Crippen LogP contribution in [-0.4, -0.2) is 30.1 Å². The fraction of sp³-hybridized carbons (Fsp3) is 0.278. The van der Waals surface area contributed by atoms with Gasteiger partial charge < -0.3 is 15.4 Å². The van der Waals surface area contributed by atoms with Crippen molar-refractivity contribution in [3.05, 3.63) is 64.2 Å². The Hall–Kier alpha value is -2.93. The van der Waals surface area contributed by atoms with Crippen LogP contribution in [0.4, 0.5) is 17.1 Å². The lowest BCUT2D eigenvalue weighted by atomic mass is 10.1. The maximum Gasteiger partial charge on any atom is 0.293 e. The van der Waals surface area contributed by atoms with E-state index in [9.17, 15) is 14.9 Å². The third kappa shape index (κ3) is 4.33. The molecule has 0 saturated carbocycles. The van der Waals surface area contributed by atoms with Gasteiger partial charge in [0, 0.05) is 30.5 Å². The molecule has 25 heavy (non-hydrogen) atoms. The number of nitrogens with zero attached hydrogens (tertiary/aromatic N) is 1. The molecule has 0 spiro atoms. The molecule has 0 unspecified atom stereocenters. The van der Waals surface area contributed by atoms with Crippen LogP contribution in [0.1, 0.15) is 23.2 Å². The normalized spacial score (nSPS) is 16.4. The Kier molecular flexibility index (Phi) is 5.25. The first-order valence-corrected chi connectivity index (χ1v) is 8.14. The van der Waals surface area contributed by atoms with Crippen LogP contribution in [0.5, 0.6) is 0 Å². The van der Waals surface area contributed by atoms with Crippen molar-refractivity contribution in [2.24, 2.45) is 0 Å². The molecular weight excluding hydrogens is 322 g/mol. The maximum absolute atomic E-state index is 12.3. The predicted octanol–water partition coefficient (Wildman–Crippen LogP) is 3.44. The Balaban J connectivity index is 1.73. The number of rotatable bonds is 6. The number of carbonyl (C=O) groups is 1. The number of para-hydroxylation sites is 1. The van der Waals surface area contributed by atoms with Gasteiger partial charge in [-0.1, -0.05) is 18.2 Å². The zero-order valence-corrected chi connectivity index (χ0v) is 13.6. The van der Waals surface area contributed by atoms with Crippen LogP contribution in [0.15, 0.2) is 48.5 Å². The number of nitro benzene ring substituents is 1. The molecule has 130 valence electrons. The van der Waals surface area contributed by atoms with E-state index in [1.54, 1.807) is 36.4 Å². The van der Waals surface area contributed by atoms with Crippen molar-refractivity contribution < 1.29 is 14.5 Å². The molecule has 2 N–H and O–H groups in total. The molecule has 2 aromatic carbocycles. The lowest BCUT2D eigenvalue weighted by Crippen LogP contribution is -2.19. The van der Waals surface area contributed by atoms with Crippen molar-refractivity contribution in [1.29, 1.82) is 0 Å². The van der Waals surface area contributed by atoms with Crippen molar-refractivity contribution >= 4 is 23.0 Å². The maximum atomic E-state index is 12.3. The summed E-state index contributed by atoms with van der Waals surface area (Å²) >= 11 is 0. The summed E-state index contributed by atoms with van der Waals surface area (Å²) in [5.41, 5.74) is 1.13. The molecule has 0 radical (unpaired) electrons. The van der Waals surface area contributed by atoms with Gasteiger partial charge in [0.2, 0.25) is 0 Å². The molecule has 0 aliphatic carbocycles. The number of nitro groups is 1. The number of ether oxygens (including phenoxy) is 1. The fourth-order valence-corrected chi connectivity index (χ4v) is 2.73. The van der Waals surface area contributed by atoms with Crippen LogP contribution in [0.2, 0.25) is 0 Å². The Morgan fingerprint density at radius 1 is 1.24 bits per heavy atom. The van der Waals surface area contributed by atoms with Gasteiger partial charge >= 0.3 is 0 Å². The van der Waals surface area contributed by atoms with E-state index < -0.39 is 4.92 Å². The number of anilines is 2. The monoisotopic (exact) mass is 341 g/mol. The Labute approximate surface area is 145 Å². The summed E-state index contributed by atoms with van der Waals surface area (Å²) in [5, 5.41) is 17.1. The zero-order chi connectivity index (χ0) is 17.6. The number of nitrogens with one attached hydrogen (secondary N) is 2. The van der Waals surface area contributed by atoms with Crippen molar-refractivity contribution in [3.8, 4) is 0 Å². The van der Waals surface area contributed by atoms with Crippen LogP contribution in [0.3, 0.4) is 0 Å². The van der Waals surface area contributed by atoms with E-state index in [4.69, 9.17) is 4.74 Å². The second kappa shape index (κ2) is 7.76. The smallest absolute Gasteiger partial charge is 0.293 e. The average Bonchev–Trinajstić information content (AvgIpc) is 3.14. The van der Waals surface area contributed by atoms with Gasteiger partial charge in [0.1, 0.15) is 5.69 Å². The van der Waals surface area contributed by atoms with Crippen LogP contribution < -0.4 is 10.6 Å². The van der Waals surface area contributed by atoms with Crippen molar-refractivity contribution in [2.75, 3.05) is 23.8 Å². The van der Waals surface area contributed by atoms with Gasteiger partial charge in [0.15, 0.2) is 0 Å². The molecule has 1 saturated heterocycles. The Bertz CT molecular complexity index is 758. The van der Waals surface area contributed by atoms with Gasteiger partial charge in [-0.25, -0.2) is 0 Å². The predicted molar refractivity (Wildman–Crippen MR) is 95.0 cm³/mol. The van der Waals surface area contributed by atoms with Crippen LogP contribution >= 0.6 is 0 Å². The lowest BCUT2D eigenvalue weighted by Gasteiger charge is -2.13. The second-order valence-electron chi connectivity index (χ2n) is 5.83. The standard InChI is InChI=1S/C18H19N3O4/c22-18(20-14-5-2-1-3-6-14)13-8-9-16(17(11-13)21(23)24)19-12-15-7-4-10-25-15/h1-3,5-6,8-9,11,15,19H,4,7,10,12H2,(H,20,22)/t15-/m1/s1. The molecule has 1 atom stereocenters. The lowest BCUT2D eigenvalue weighted by molar-refractivity contribution is -0.384. The molecule has 2 aromatic rings. The highest BCUT2D eigenvalue weighted by Gasteiger charge is 2.20. The Morgan fingerprint density at radius 3 is 2.72 bits per heavy atom. The second-order valence-corrected chi connectivity index (χ2v) is 5.83. The van der Waals surface area contributed by atoms with E-state index in [2.05, 4.69) is 10.6 Å². The number of benzene rings is 2. The largest absolute Gasteiger partial charge is 0.377 e. The third-order valence-corrected chi connectivity index (χ3v) is 4.03. The summed E-state index contributed by atoms with van der Waals surface area (Å²) in [6.07, 6.45) is 2.02. The van der Waals surface area contributed by atoms with Crippen molar-refractivity contribution in [1.82, 2.24) is 0 Å². The topological polar surface area (TPSA) is 93.5 Å². The molecule has 3 rings (SSSR count). The molecule has 7 nitrogen and oxygen atoms in total. The van der Waals surface area contributed by atoms with Gasteiger partial charge in [-0.3, -0.25) is 14.9 Å². The van der Waals surface area contributed by atoms with Crippen LogP contribution in [0, 0.1) is 10.1 Å². The number of amides is 1. The molecule has 1 aliphatic rings. The fourth-order valence-electron chi connectivity index (χ4n) is 2.73.